The predicted molar refractivity (Wildman–Crippen MR) is 49.6 cm³/mol. The summed E-state index contributed by atoms with van der Waals surface area (Å²) in [6.07, 6.45) is 7.43. The first-order chi connectivity index (χ1) is 5.86. The van der Waals surface area contributed by atoms with Crippen LogP contribution in [0.15, 0.2) is 0 Å². The molecule has 70 valence electrons. The average Bonchev–Trinajstić information content (AvgIpc) is 2.16. The quantitative estimate of drug-likeness (QED) is 0.632. The Hall–Kier alpha value is 0.0600. The predicted octanol–water partition coefficient (Wildman–Crippen LogP) is 3.36. The molecule has 3 heteroatoms. The van der Waals surface area contributed by atoms with Crippen molar-refractivity contribution in [1.29, 1.82) is 0 Å². The Kier molecular flexibility index (Phi) is 4.79. The third-order valence-electron chi connectivity index (χ3n) is 2.37. The van der Waals surface area contributed by atoms with E-state index in [-0.39, 0.29) is 14.3 Å². The summed E-state index contributed by atoms with van der Waals surface area (Å²) in [5, 5.41) is 0. The van der Waals surface area contributed by atoms with Crippen molar-refractivity contribution in [2.24, 2.45) is 0 Å². The van der Waals surface area contributed by atoms with Crippen LogP contribution < -0.4 is 0 Å². The lowest BCUT2D eigenvalue weighted by molar-refractivity contribution is 0.00858. The van der Waals surface area contributed by atoms with Gasteiger partial charge in [0.25, 0.3) is 0 Å². The minimum absolute atomic E-state index is 0.0619. The van der Waals surface area contributed by atoms with Crippen molar-refractivity contribution in [1.82, 2.24) is 0 Å². The Morgan fingerprint density at radius 3 is 2.58 bits per heavy atom. The van der Waals surface area contributed by atoms with Crippen LogP contribution in [-0.4, -0.2) is 11.9 Å². The van der Waals surface area contributed by atoms with Crippen LogP contribution in [0.4, 0.5) is 0 Å². The van der Waals surface area contributed by atoms with E-state index in [2.05, 4.69) is 0 Å². The smallest absolute Gasteiger partial charge is 0.187 e. The largest absolute Gasteiger partial charge is 0.363 e. The molecule has 0 spiro atoms. The van der Waals surface area contributed by atoms with E-state index >= 15 is 0 Å². The van der Waals surface area contributed by atoms with Gasteiger partial charge in [-0.15, -0.1) is 0 Å². The molecule has 2 nitrogen and oxygen atoms in total. The number of rotatable bonds is 4. The first kappa shape index (κ1) is 10.1. The summed E-state index contributed by atoms with van der Waals surface area (Å²) < 4.78 is 16.2. The van der Waals surface area contributed by atoms with E-state index in [1.165, 1.54) is 19.3 Å². The van der Waals surface area contributed by atoms with Gasteiger partial charge in [-0.3, -0.25) is 4.57 Å². The highest BCUT2D eigenvalue weighted by Crippen LogP contribution is 2.24. The van der Waals surface area contributed by atoms with Gasteiger partial charge in [0.2, 0.25) is 0 Å². The van der Waals surface area contributed by atoms with Crippen molar-refractivity contribution < 1.29 is 9.30 Å². The molecule has 1 unspecified atom stereocenters. The molecule has 0 aromatic rings. The van der Waals surface area contributed by atoms with Crippen LogP contribution in [-0.2, 0) is 9.30 Å². The lowest BCUT2D eigenvalue weighted by Crippen LogP contribution is -2.20. The molecule has 0 heterocycles. The van der Waals surface area contributed by atoms with E-state index in [0.717, 1.165) is 19.3 Å². The van der Waals surface area contributed by atoms with E-state index < -0.39 is 0 Å². The fraction of sp³-hybridized carbons (Fsp3) is 1.00. The van der Waals surface area contributed by atoms with Crippen molar-refractivity contribution in [3.8, 4) is 0 Å². The maximum Gasteiger partial charge on any atom is 0.187 e. The first-order valence-electron chi connectivity index (χ1n) is 4.84. The monoisotopic (exact) mass is 188 g/mol. The van der Waals surface area contributed by atoms with Crippen LogP contribution in [0.2, 0.25) is 0 Å². The maximum atomic E-state index is 10.6. The second-order valence-corrected chi connectivity index (χ2v) is 4.15. The van der Waals surface area contributed by atoms with Crippen molar-refractivity contribution in [3.63, 3.8) is 0 Å². The highest BCUT2D eigenvalue weighted by atomic mass is 31.1. The molecule has 1 atom stereocenters. The molecule has 0 bridgehead atoms. The van der Waals surface area contributed by atoms with Crippen LogP contribution >= 0.6 is 8.46 Å². The van der Waals surface area contributed by atoms with Gasteiger partial charge in [-0.05, 0) is 19.3 Å². The highest BCUT2D eigenvalue weighted by molar-refractivity contribution is 7.24. The second kappa shape index (κ2) is 5.66. The molecule has 0 N–H and O–H groups in total. The van der Waals surface area contributed by atoms with Crippen molar-refractivity contribution in [2.45, 2.75) is 57.4 Å². The van der Waals surface area contributed by atoms with Crippen LogP contribution in [0.1, 0.15) is 45.4 Å². The fourth-order valence-corrected chi connectivity index (χ4v) is 1.99. The van der Waals surface area contributed by atoms with Crippen LogP contribution in [0.3, 0.4) is 0 Å². The standard InChI is InChI=1S/C9H17O2P/c1-2-9(12-10)11-8-6-4-3-5-7-8/h8-9H,2-7H2,1H3. The molecule has 0 saturated heterocycles. The Bertz CT molecular complexity index is 132. The zero-order valence-corrected chi connectivity index (χ0v) is 8.56. The summed E-state index contributed by atoms with van der Waals surface area (Å²) in [4.78, 5) is 0. The normalized spacial score (nSPS) is 22.8. The summed E-state index contributed by atoms with van der Waals surface area (Å²) in [7, 11) is 0.146. The Morgan fingerprint density at radius 1 is 1.42 bits per heavy atom. The second-order valence-electron chi connectivity index (χ2n) is 3.36. The molecule has 0 aliphatic heterocycles. The summed E-state index contributed by atoms with van der Waals surface area (Å²) >= 11 is 0. The number of hydrogen-bond donors (Lipinski definition) is 0. The van der Waals surface area contributed by atoms with Gasteiger partial charge in [-0.25, -0.2) is 0 Å². The van der Waals surface area contributed by atoms with Crippen LogP contribution in [0.25, 0.3) is 0 Å². The van der Waals surface area contributed by atoms with Gasteiger partial charge in [0, 0.05) is 0 Å². The molecule has 0 radical (unpaired) electrons. The molecule has 0 aromatic heterocycles. The molecular weight excluding hydrogens is 171 g/mol. The third kappa shape index (κ3) is 3.20. The van der Waals surface area contributed by atoms with Gasteiger partial charge in [-0.1, -0.05) is 26.2 Å². The van der Waals surface area contributed by atoms with E-state index in [4.69, 9.17) is 4.74 Å². The third-order valence-corrected chi connectivity index (χ3v) is 3.09. The molecule has 1 fully saturated rings. The molecule has 1 saturated carbocycles. The van der Waals surface area contributed by atoms with E-state index in [1.54, 1.807) is 0 Å². The zero-order chi connectivity index (χ0) is 8.81. The van der Waals surface area contributed by atoms with E-state index in [9.17, 15) is 4.57 Å². The summed E-state index contributed by atoms with van der Waals surface area (Å²) in [5.74, 6) is -0.0619. The molecule has 0 aromatic carbocycles. The Labute approximate surface area is 75.9 Å². The summed E-state index contributed by atoms with van der Waals surface area (Å²) in [6, 6.07) is 0. The molecule has 0 amide bonds. The molecule has 1 aliphatic rings. The van der Waals surface area contributed by atoms with Crippen molar-refractivity contribution in [2.75, 3.05) is 0 Å². The van der Waals surface area contributed by atoms with Crippen molar-refractivity contribution >= 4 is 8.46 Å². The van der Waals surface area contributed by atoms with E-state index in [1.807, 2.05) is 6.92 Å². The minimum atomic E-state index is -0.0619. The van der Waals surface area contributed by atoms with Gasteiger partial charge >= 0.3 is 0 Å². The van der Waals surface area contributed by atoms with Gasteiger partial charge in [0.1, 0.15) is 5.85 Å². The molecule has 1 rings (SSSR count). The summed E-state index contributed by atoms with van der Waals surface area (Å²) in [5.41, 5.74) is 0. The lowest BCUT2D eigenvalue weighted by Gasteiger charge is -2.23. The maximum absolute atomic E-state index is 10.6. The molecule has 12 heavy (non-hydrogen) atoms. The average molecular weight is 188 g/mol. The van der Waals surface area contributed by atoms with E-state index in [0.29, 0.717) is 6.10 Å². The zero-order valence-electron chi connectivity index (χ0n) is 7.66. The SMILES string of the molecule is CCC(OC1CCCCC1)P=O. The number of hydrogen-bond acceptors (Lipinski definition) is 2. The number of ether oxygens (including phenoxy) is 1. The Balaban J connectivity index is 2.22. The summed E-state index contributed by atoms with van der Waals surface area (Å²) in [6.45, 7) is 2.01. The van der Waals surface area contributed by atoms with Crippen LogP contribution in [0.5, 0.6) is 0 Å². The topological polar surface area (TPSA) is 26.3 Å². The van der Waals surface area contributed by atoms with Gasteiger partial charge in [0.15, 0.2) is 8.46 Å². The molecule has 1 aliphatic carbocycles. The van der Waals surface area contributed by atoms with Crippen LogP contribution in [0, 0.1) is 0 Å². The fourth-order valence-electron chi connectivity index (χ4n) is 1.62. The van der Waals surface area contributed by atoms with Gasteiger partial charge < -0.3 is 4.74 Å². The lowest BCUT2D eigenvalue weighted by atomic mass is 9.98. The first-order valence-corrected chi connectivity index (χ1v) is 5.73. The minimum Gasteiger partial charge on any atom is -0.363 e. The molecular formula is C9H17O2P. The van der Waals surface area contributed by atoms with Gasteiger partial charge in [-0.2, -0.15) is 0 Å². The van der Waals surface area contributed by atoms with Gasteiger partial charge in [0.05, 0.1) is 6.10 Å². The highest BCUT2D eigenvalue weighted by Gasteiger charge is 2.17. The Morgan fingerprint density at radius 2 is 2.08 bits per heavy atom. The van der Waals surface area contributed by atoms with Crippen molar-refractivity contribution in [3.05, 3.63) is 0 Å².